The van der Waals surface area contributed by atoms with E-state index in [9.17, 15) is 30.3 Å². The number of rotatable bonds is 45. The molecule has 1 fully saturated rings. The van der Waals surface area contributed by atoms with Gasteiger partial charge in [-0.25, -0.2) is 0 Å². The first-order valence-corrected chi connectivity index (χ1v) is 27.2. The fraction of sp³-hybridized carbons (Fsp3) is 0.772. The maximum Gasteiger partial charge on any atom is 0.220 e. The number of unbranched alkanes of at least 4 members (excludes halogenated alkanes) is 25. The Kier molecular flexibility index (Phi) is 43.3. The fourth-order valence-corrected chi connectivity index (χ4v) is 8.20. The van der Waals surface area contributed by atoms with E-state index >= 15 is 0 Å². The molecule has 1 amide bonds. The van der Waals surface area contributed by atoms with Gasteiger partial charge in [0.1, 0.15) is 24.4 Å². The lowest BCUT2D eigenvalue weighted by molar-refractivity contribution is -0.302. The summed E-state index contributed by atoms with van der Waals surface area (Å²) in [5.74, 6) is -0.222. The van der Waals surface area contributed by atoms with Gasteiger partial charge in [-0.05, 0) is 77.0 Å². The van der Waals surface area contributed by atoms with E-state index < -0.39 is 49.5 Å². The molecule has 0 bridgehead atoms. The normalized spacial score (nSPS) is 20.4. The SMILES string of the molecule is CC/C=C\C/C=C\C/C=C\CCCCCC(=O)NC(COC1OC(CO)C(O)C(O)C1O)C(O)/C=C/CC/C=C/CC/C=C/CCCCCCCCCCCCCCCCCCCCCC. The number of aliphatic hydroxyl groups excluding tert-OH is 5. The Hall–Kier alpha value is -2.37. The maximum absolute atomic E-state index is 13.0. The highest BCUT2D eigenvalue weighted by atomic mass is 16.7. The number of aliphatic hydroxyl groups is 5. The summed E-state index contributed by atoms with van der Waals surface area (Å²) in [5.41, 5.74) is 0. The van der Waals surface area contributed by atoms with Crippen molar-refractivity contribution in [3.8, 4) is 0 Å². The molecule has 0 aliphatic carbocycles. The first-order chi connectivity index (χ1) is 32.3. The van der Waals surface area contributed by atoms with Crippen LogP contribution in [0.4, 0.5) is 0 Å². The second kappa shape index (κ2) is 46.4. The van der Waals surface area contributed by atoms with Crippen molar-refractivity contribution in [3.05, 3.63) is 72.9 Å². The largest absolute Gasteiger partial charge is 0.394 e. The van der Waals surface area contributed by atoms with E-state index in [0.717, 1.165) is 64.2 Å². The molecule has 0 radical (unpaired) electrons. The Bertz CT molecular complexity index is 1260. The van der Waals surface area contributed by atoms with Gasteiger partial charge in [0.25, 0.3) is 0 Å². The van der Waals surface area contributed by atoms with Crippen molar-refractivity contribution in [2.24, 2.45) is 0 Å². The van der Waals surface area contributed by atoms with Crippen molar-refractivity contribution in [1.82, 2.24) is 5.32 Å². The number of hydrogen-bond acceptors (Lipinski definition) is 8. The van der Waals surface area contributed by atoms with E-state index in [1.165, 1.54) is 135 Å². The summed E-state index contributed by atoms with van der Waals surface area (Å²) < 4.78 is 11.2. The number of amides is 1. The molecule has 1 aliphatic rings. The van der Waals surface area contributed by atoms with Gasteiger partial charge < -0.3 is 40.3 Å². The number of ether oxygens (including phenoxy) is 2. The van der Waals surface area contributed by atoms with Crippen LogP contribution in [0.5, 0.6) is 0 Å². The van der Waals surface area contributed by atoms with Crippen molar-refractivity contribution < 1.29 is 39.8 Å². The van der Waals surface area contributed by atoms with Crippen LogP contribution < -0.4 is 5.32 Å². The van der Waals surface area contributed by atoms with Crippen LogP contribution in [0.15, 0.2) is 72.9 Å². The first kappa shape index (κ1) is 61.6. The monoisotopic (exact) mass is 928 g/mol. The molecule has 1 saturated heterocycles. The minimum absolute atomic E-state index is 0.221. The van der Waals surface area contributed by atoms with E-state index in [0.29, 0.717) is 12.8 Å². The second-order valence-electron chi connectivity index (χ2n) is 18.6. The molecule has 0 spiro atoms. The van der Waals surface area contributed by atoms with Crippen LogP contribution in [0, 0.1) is 0 Å². The van der Waals surface area contributed by atoms with E-state index in [1.54, 1.807) is 6.08 Å². The summed E-state index contributed by atoms with van der Waals surface area (Å²) in [6.45, 7) is 3.62. The number of nitrogens with one attached hydrogen (secondary N) is 1. The molecule has 66 heavy (non-hydrogen) atoms. The molecular formula is C57H101NO8. The maximum atomic E-state index is 13.0. The molecule has 0 aromatic carbocycles. The molecular weight excluding hydrogens is 827 g/mol. The zero-order chi connectivity index (χ0) is 48.0. The molecule has 7 unspecified atom stereocenters. The van der Waals surface area contributed by atoms with Crippen LogP contribution in [0.3, 0.4) is 0 Å². The number of carbonyl (C=O) groups excluding carboxylic acids is 1. The van der Waals surface area contributed by atoms with E-state index in [2.05, 4.69) is 79.9 Å². The molecule has 0 aromatic heterocycles. The summed E-state index contributed by atoms with van der Waals surface area (Å²) in [7, 11) is 0. The highest BCUT2D eigenvalue weighted by molar-refractivity contribution is 5.76. The van der Waals surface area contributed by atoms with Gasteiger partial charge in [-0.3, -0.25) is 4.79 Å². The summed E-state index contributed by atoms with van der Waals surface area (Å²) in [6.07, 6.45) is 57.0. The van der Waals surface area contributed by atoms with Gasteiger partial charge in [0.2, 0.25) is 5.91 Å². The van der Waals surface area contributed by atoms with Crippen LogP contribution in [-0.4, -0.2) is 87.5 Å². The van der Waals surface area contributed by atoms with E-state index in [1.807, 2.05) is 6.08 Å². The highest BCUT2D eigenvalue weighted by Crippen LogP contribution is 2.23. The van der Waals surface area contributed by atoms with Crippen molar-refractivity contribution in [1.29, 1.82) is 0 Å². The first-order valence-electron chi connectivity index (χ1n) is 27.2. The van der Waals surface area contributed by atoms with Crippen LogP contribution in [0.1, 0.15) is 226 Å². The number of hydrogen-bond donors (Lipinski definition) is 6. The lowest BCUT2D eigenvalue weighted by atomic mass is 9.99. The van der Waals surface area contributed by atoms with Gasteiger partial charge >= 0.3 is 0 Å². The van der Waals surface area contributed by atoms with Crippen LogP contribution >= 0.6 is 0 Å². The Morgan fingerprint density at radius 1 is 0.530 bits per heavy atom. The Balaban J connectivity index is 2.25. The third kappa shape index (κ3) is 35.7. The Morgan fingerprint density at radius 3 is 1.45 bits per heavy atom. The quantitative estimate of drug-likeness (QED) is 0.0261. The molecule has 1 rings (SSSR count). The van der Waals surface area contributed by atoms with Crippen LogP contribution in [0.25, 0.3) is 0 Å². The summed E-state index contributed by atoms with van der Waals surface area (Å²) in [4.78, 5) is 13.0. The Morgan fingerprint density at radius 2 is 0.955 bits per heavy atom. The lowest BCUT2D eigenvalue weighted by Gasteiger charge is -2.40. The van der Waals surface area contributed by atoms with Gasteiger partial charge in [0, 0.05) is 6.42 Å². The third-order valence-corrected chi connectivity index (χ3v) is 12.5. The lowest BCUT2D eigenvalue weighted by Crippen LogP contribution is -2.60. The van der Waals surface area contributed by atoms with E-state index in [4.69, 9.17) is 9.47 Å². The zero-order valence-electron chi connectivity index (χ0n) is 42.2. The molecule has 0 aromatic rings. The van der Waals surface area contributed by atoms with Crippen molar-refractivity contribution in [2.45, 2.75) is 269 Å². The van der Waals surface area contributed by atoms with Crippen molar-refractivity contribution in [3.63, 3.8) is 0 Å². The van der Waals surface area contributed by atoms with Gasteiger partial charge in [-0.2, -0.15) is 0 Å². The average Bonchev–Trinajstić information content (AvgIpc) is 3.32. The molecule has 9 heteroatoms. The van der Waals surface area contributed by atoms with Crippen molar-refractivity contribution in [2.75, 3.05) is 13.2 Å². The standard InChI is InChI=1S/C57H101NO8/c1-3-5-7-9-11-13-15-17-18-19-20-21-22-23-24-25-26-27-28-29-30-31-32-33-35-36-38-40-42-44-46-51(60)50(49-65-57-56(64)55(63)54(62)52(48-59)66-57)58-53(61)47-45-43-41-39-37-34-16-14-12-10-8-6-4-2/h6,8,12,14,31-32,34,36-38,44,46,50-52,54-57,59-60,62-64H,3-5,7,9-11,13,15-30,33,35,39-43,45,47-49H2,1-2H3,(H,58,61)/b8-6-,14-12-,32-31+,37-34-,38-36+,46-44+. The molecule has 1 aliphatic heterocycles. The van der Waals surface area contributed by atoms with Gasteiger partial charge in [-0.15, -0.1) is 0 Å². The summed E-state index contributed by atoms with van der Waals surface area (Å²) in [6, 6.07) is -0.847. The number of carbonyl (C=O) groups is 1. The van der Waals surface area contributed by atoms with Crippen LogP contribution in [0.2, 0.25) is 0 Å². The summed E-state index contributed by atoms with van der Waals surface area (Å²) >= 11 is 0. The Labute approximate surface area is 404 Å². The molecule has 7 atom stereocenters. The predicted octanol–water partition coefficient (Wildman–Crippen LogP) is 12.9. The van der Waals surface area contributed by atoms with E-state index in [-0.39, 0.29) is 12.5 Å². The smallest absolute Gasteiger partial charge is 0.220 e. The highest BCUT2D eigenvalue weighted by Gasteiger charge is 2.44. The second-order valence-corrected chi connectivity index (χ2v) is 18.6. The van der Waals surface area contributed by atoms with Gasteiger partial charge in [-0.1, -0.05) is 215 Å². The topological polar surface area (TPSA) is 149 Å². The minimum Gasteiger partial charge on any atom is -0.394 e. The zero-order valence-corrected chi connectivity index (χ0v) is 42.2. The number of allylic oxidation sites excluding steroid dienone is 11. The summed E-state index contributed by atoms with van der Waals surface area (Å²) in [5, 5.41) is 54.3. The fourth-order valence-electron chi connectivity index (χ4n) is 8.20. The van der Waals surface area contributed by atoms with Crippen molar-refractivity contribution >= 4 is 5.91 Å². The molecule has 382 valence electrons. The molecule has 1 heterocycles. The van der Waals surface area contributed by atoms with Crippen LogP contribution in [-0.2, 0) is 14.3 Å². The van der Waals surface area contributed by atoms with Gasteiger partial charge in [0.05, 0.1) is 25.4 Å². The molecule has 9 nitrogen and oxygen atoms in total. The minimum atomic E-state index is -1.58. The molecule has 0 saturated carbocycles. The predicted molar refractivity (Wildman–Crippen MR) is 276 cm³/mol. The average molecular weight is 928 g/mol. The molecule has 6 N–H and O–H groups in total. The third-order valence-electron chi connectivity index (χ3n) is 12.5. The van der Waals surface area contributed by atoms with Gasteiger partial charge in [0.15, 0.2) is 6.29 Å².